The van der Waals surface area contributed by atoms with Gasteiger partial charge in [0, 0.05) is 11.3 Å². The van der Waals surface area contributed by atoms with E-state index in [1.165, 1.54) is 24.3 Å². The minimum Gasteiger partial charge on any atom is -0.389 e. The average molecular weight is 259 g/mol. The molecule has 0 aromatic heterocycles. The molecule has 0 aliphatic carbocycles. The summed E-state index contributed by atoms with van der Waals surface area (Å²) in [5.74, 6) is -0.699. The van der Waals surface area contributed by atoms with Crippen LogP contribution in [0.4, 0.5) is 10.1 Å². The van der Waals surface area contributed by atoms with Crippen molar-refractivity contribution >= 4 is 11.6 Å². The van der Waals surface area contributed by atoms with Crippen LogP contribution in [-0.2, 0) is 0 Å². The molecule has 2 aromatic carbocycles. The lowest BCUT2D eigenvalue weighted by Gasteiger charge is -2.09. The van der Waals surface area contributed by atoms with Crippen molar-refractivity contribution in [1.82, 2.24) is 0 Å². The second kappa shape index (κ2) is 5.63. The minimum atomic E-state index is -0.595. The van der Waals surface area contributed by atoms with Gasteiger partial charge in [-0.25, -0.2) is 4.39 Å². The zero-order valence-corrected chi connectivity index (χ0v) is 10.4. The summed E-state index contributed by atoms with van der Waals surface area (Å²) < 4.78 is 12.8. The molecule has 0 aliphatic heterocycles. The van der Waals surface area contributed by atoms with Crippen LogP contribution in [0.1, 0.15) is 28.9 Å². The Balaban J connectivity index is 2.14. The zero-order chi connectivity index (χ0) is 13.8. The Morgan fingerprint density at radius 3 is 2.53 bits per heavy atom. The standard InChI is InChI=1S/C15H14FNO2/c1-10(18)12-3-2-4-14(9-12)17-15(19)11-5-7-13(16)8-6-11/h2-10,18H,1H3,(H,17,19)/t10-/m0/s1. The molecule has 1 amide bonds. The van der Waals surface area contributed by atoms with E-state index in [9.17, 15) is 14.3 Å². The highest BCUT2D eigenvalue weighted by molar-refractivity contribution is 6.04. The predicted octanol–water partition coefficient (Wildman–Crippen LogP) is 3.13. The Bertz CT molecular complexity index is 579. The van der Waals surface area contributed by atoms with Gasteiger partial charge in [0.05, 0.1) is 6.10 Å². The Labute approximate surface area is 110 Å². The fraction of sp³-hybridized carbons (Fsp3) is 0.133. The molecule has 2 aromatic rings. The van der Waals surface area contributed by atoms with Crippen LogP contribution in [0.15, 0.2) is 48.5 Å². The van der Waals surface area contributed by atoms with Crippen LogP contribution < -0.4 is 5.32 Å². The van der Waals surface area contributed by atoms with Crippen LogP contribution in [0.5, 0.6) is 0 Å². The summed E-state index contributed by atoms with van der Waals surface area (Å²) in [4.78, 5) is 11.9. The first-order valence-electron chi connectivity index (χ1n) is 5.91. The van der Waals surface area contributed by atoms with Gasteiger partial charge in [0.25, 0.3) is 5.91 Å². The molecule has 0 saturated carbocycles. The number of nitrogens with one attached hydrogen (secondary N) is 1. The lowest BCUT2D eigenvalue weighted by molar-refractivity contribution is 0.102. The van der Waals surface area contributed by atoms with Gasteiger partial charge in [0.2, 0.25) is 0 Å². The highest BCUT2D eigenvalue weighted by atomic mass is 19.1. The minimum absolute atomic E-state index is 0.317. The van der Waals surface area contributed by atoms with Gasteiger partial charge in [-0.05, 0) is 48.9 Å². The van der Waals surface area contributed by atoms with E-state index in [4.69, 9.17) is 0 Å². The summed E-state index contributed by atoms with van der Waals surface area (Å²) in [7, 11) is 0. The maximum absolute atomic E-state index is 12.8. The topological polar surface area (TPSA) is 49.3 Å². The van der Waals surface area contributed by atoms with Crippen molar-refractivity contribution in [2.75, 3.05) is 5.32 Å². The van der Waals surface area contributed by atoms with Crippen molar-refractivity contribution in [3.05, 3.63) is 65.5 Å². The number of aliphatic hydroxyl groups is 1. The van der Waals surface area contributed by atoms with Gasteiger partial charge in [-0.1, -0.05) is 12.1 Å². The highest BCUT2D eigenvalue weighted by Gasteiger charge is 2.07. The van der Waals surface area contributed by atoms with E-state index in [2.05, 4.69) is 5.32 Å². The number of hydrogen-bond donors (Lipinski definition) is 2. The first-order chi connectivity index (χ1) is 9.06. The molecule has 0 spiro atoms. The smallest absolute Gasteiger partial charge is 0.255 e. The first kappa shape index (κ1) is 13.2. The molecule has 3 nitrogen and oxygen atoms in total. The Kier molecular flexibility index (Phi) is 3.92. The highest BCUT2D eigenvalue weighted by Crippen LogP contribution is 2.17. The fourth-order valence-corrected chi connectivity index (χ4v) is 1.68. The van der Waals surface area contributed by atoms with Crippen molar-refractivity contribution in [3.8, 4) is 0 Å². The largest absolute Gasteiger partial charge is 0.389 e. The summed E-state index contributed by atoms with van der Waals surface area (Å²) in [6.07, 6.45) is -0.595. The van der Waals surface area contributed by atoms with Gasteiger partial charge in [-0.2, -0.15) is 0 Å². The number of benzene rings is 2. The molecule has 0 bridgehead atoms. The number of amides is 1. The molecule has 0 aliphatic rings. The van der Waals surface area contributed by atoms with Crippen LogP contribution in [0, 0.1) is 5.82 Å². The quantitative estimate of drug-likeness (QED) is 0.889. The summed E-state index contributed by atoms with van der Waals surface area (Å²) in [6.45, 7) is 1.65. The van der Waals surface area contributed by atoms with E-state index in [-0.39, 0.29) is 11.7 Å². The van der Waals surface area contributed by atoms with Gasteiger partial charge >= 0.3 is 0 Å². The Hall–Kier alpha value is -2.20. The SMILES string of the molecule is C[C@H](O)c1cccc(NC(=O)c2ccc(F)cc2)c1. The van der Waals surface area contributed by atoms with E-state index in [1.807, 2.05) is 0 Å². The van der Waals surface area contributed by atoms with E-state index >= 15 is 0 Å². The Morgan fingerprint density at radius 1 is 1.21 bits per heavy atom. The number of carbonyl (C=O) groups excluding carboxylic acids is 1. The molecular weight excluding hydrogens is 245 g/mol. The summed E-state index contributed by atoms with van der Waals surface area (Å²) in [6, 6.07) is 12.3. The molecule has 0 radical (unpaired) electrons. The molecular formula is C15H14FNO2. The van der Waals surface area contributed by atoms with Crippen molar-refractivity contribution < 1.29 is 14.3 Å². The van der Waals surface area contributed by atoms with Crippen molar-refractivity contribution in [2.24, 2.45) is 0 Å². The third kappa shape index (κ3) is 3.39. The van der Waals surface area contributed by atoms with Crippen LogP contribution >= 0.6 is 0 Å². The van der Waals surface area contributed by atoms with Crippen molar-refractivity contribution in [3.63, 3.8) is 0 Å². The predicted molar refractivity (Wildman–Crippen MR) is 71.4 cm³/mol. The fourth-order valence-electron chi connectivity index (χ4n) is 1.68. The molecule has 0 unspecified atom stereocenters. The van der Waals surface area contributed by atoms with E-state index in [1.54, 1.807) is 31.2 Å². The molecule has 19 heavy (non-hydrogen) atoms. The van der Waals surface area contributed by atoms with Crippen LogP contribution in [0.25, 0.3) is 0 Å². The molecule has 0 heterocycles. The van der Waals surface area contributed by atoms with Gasteiger partial charge < -0.3 is 10.4 Å². The summed E-state index contributed by atoms with van der Waals surface area (Å²) in [5, 5.41) is 12.2. The van der Waals surface area contributed by atoms with Gasteiger partial charge in [0.1, 0.15) is 5.82 Å². The van der Waals surface area contributed by atoms with Crippen molar-refractivity contribution in [1.29, 1.82) is 0 Å². The van der Waals surface area contributed by atoms with Gasteiger partial charge in [-0.15, -0.1) is 0 Å². The lowest BCUT2D eigenvalue weighted by atomic mass is 10.1. The molecule has 4 heteroatoms. The number of aliphatic hydroxyl groups excluding tert-OH is 1. The molecule has 2 N–H and O–H groups in total. The third-order valence-electron chi connectivity index (χ3n) is 2.73. The molecule has 98 valence electrons. The molecule has 0 saturated heterocycles. The normalized spacial score (nSPS) is 11.9. The number of anilines is 1. The van der Waals surface area contributed by atoms with E-state index in [0.29, 0.717) is 11.3 Å². The number of halogens is 1. The second-order valence-corrected chi connectivity index (χ2v) is 4.26. The van der Waals surface area contributed by atoms with Crippen molar-refractivity contribution in [2.45, 2.75) is 13.0 Å². The lowest BCUT2D eigenvalue weighted by Crippen LogP contribution is -2.12. The summed E-state index contributed by atoms with van der Waals surface area (Å²) in [5.41, 5.74) is 1.69. The number of carbonyl (C=O) groups is 1. The Morgan fingerprint density at radius 2 is 1.89 bits per heavy atom. The van der Waals surface area contributed by atoms with Crippen LogP contribution in [0.2, 0.25) is 0 Å². The van der Waals surface area contributed by atoms with Gasteiger partial charge in [-0.3, -0.25) is 4.79 Å². The second-order valence-electron chi connectivity index (χ2n) is 4.26. The van der Waals surface area contributed by atoms with E-state index < -0.39 is 6.10 Å². The third-order valence-corrected chi connectivity index (χ3v) is 2.73. The monoisotopic (exact) mass is 259 g/mol. The number of rotatable bonds is 3. The van der Waals surface area contributed by atoms with Gasteiger partial charge in [0.15, 0.2) is 0 Å². The maximum Gasteiger partial charge on any atom is 0.255 e. The van der Waals surface area contributed by atoms with Crippen LogP contribution in [0.3, 0.4) is 0 Å². The average Bonchev–Trinajstić information content (AvgIpc) is 2.39. The summed E-state index contributed by atoms with van der Waals surface area (Å²) >= 11 is 0. The van der Waals surface area contributed by atoms with E-state index in [0.717, 1.165) is 5.56 Å². The number of hydrogen-bond acceptors (Lipinski definition) is 2. The molecule has 0 fully saturated rings. The first-order valence-corrected chi connectivity index (χ1v) is 5.91. The molecule has 1 atom stereocenters. The maximum atomic E-state index is 12.8. The molecule has 2 rings (SSSR count). The zero-order valence-electron chi connectivity index (χ0n) is 10.4. The van der Waals surface area contributed by atoms with Crippen LogP contribution in [-0.4, -0.2) is 11.0 Å².